The van der Waals surface area contributed by atoms with E-state index in [1.807, 2.05) is 24.3 Å². The number of nitrogens with one attached hydrogen (secondary N) is 3. The number of amides is 2. The van der Waals surface area contributed by atoms with Crippen LogP contribution in [-0.2, 0) is 0 Å². The fourth-order valence-corrected chi connectivity index (χ4v) is 2.53. The quantitative estimate of drug-likeness (QED) is 0.635. The number of aromatic amines is 1. The summed E-state index contributed by atoms with van der Waals surface area (Å²) < 4.78 is 14.3. The summed E-state index contributed by atoms with van der Waals surface area (Å²) in [6.07, 6.45) is 0. The highest BCUT2D eigenvalue weighted by atomic mass is 79.9. The van der Waals surface area contributed by atoms with Gasteiger partial charge in [-0.15, -0.1) is 0 Å². The largest absolute Gasteiger partial charge is 0.340 e. The second-order valence-electron chi connectivity index (χ2n) is 5.08. The molecule has 0 spiro atoms. The van der Waals surface area contributed by atoms with Crippen LogP contribution in [0.25, 0.3) is 11.0 Å². The molecule has 3 aromatic rings. The van der Waals surface area contributed by atoms with Crippen molar-refractivity contribution in [2.75, 3.05) is 5.32 Å². The van der Waals surface area contributed by atoms with E-state index < -0.39 is 11.8 Å². The molecule has 2 amide bonds. The summed E-state index contributed by atoms with van der Waals surface area (Å²) in [6, 6.07) is 11.2. The fourth-order valence-electron chi connectivity index (χ4n) is 2.19. The van der Waals surface area contributed by atoms with Gasteiger partial charge in [-0.3, -0.25) is 0 Å². The van der Waals surface area contributed by atoms with Gasteiger partial charge < -0.3 is 15.6 Å². The third kappa shape index (κ3) is 3.50. The molecule has 23 heavy (non-hydrogen) atoms. The summed E-state index contributed by atoms with van der Waals surface area (Å²) in [4.78, 5) is 19.6. The molecule has 7 heteroatoms. The zero-order chi connectivity index (χ0) is 16.4. The van der Waals surface area contributed by atoms with Crippen molar-refractivity contribution in [3.8, 4) is 0 Å². The highest BCUT2D eigenvalue weighted by Gasteiger charge is 2.14. The number of hydrogen-bond donors (Lipinski definition) is 3. The first-order chi connectivity index (χ1) is 11.0. The average Bonchev–Trinajstić information content (AvgIpc) is 2.94. The van der Waals surface area contributed by atoms with Crippen molar-refractivity contribution in [2.24, 2.45) is 0 Å². The molecule has 0 fully saturated rings. The molecule has 0 aliphatic rings. The van der Waals surface area contributed by atoms with Gasteiger partial charge in [-0.25, -0.2) is 14.2 Å². The Bertz CT molecular complexity index is 831. The van der Waals surface area contributed by atoms with Gasteiger partial charge in [0.2, 0.25) is 0 Å². The number of H-pyrrole nitrogens is 1. The topological polar surface area (TPSA) is 69.8 Å². The molecule has 1 heterocycles. The lowest BCUT2D eigenvalue weighted by molar-refractivity contribution is 0.249. The van der Waals surface area contributed by atoms with Gasteiger partial charge in [-0.2, -0.15) is 0 Å². The van der Waals surface area contributed by atoms with Crippen LogP contribution in [0.2, 0.25) is 0 Å². The van der Waals surface area contributed by atoms with Crippen molar-refractivity contribution in [1.29, 1.82) is 0 Å². The average molecular weight is 377 g/mol. The first kappa shape index (κ1) is 15.5. The molecular formula is C16H14BrFN4O. The monoisotopic (exact) mass is 376 g/mol. The Balaban J connectivity index is 1.69. The molecule has 118 valence electrons. The third-order valence-electron chi connectivity index (χ3n) is 3.34. The molecular weight excluding hydrogens is 363 g/mol. The van der Waals surface area contributed by atoms with Crippen LogP contribution in [0.5, 0.6) is 0 Å². The molecule has 3 rings (SSSR count). The molecule has 5 nitrogen and oxygen atoms in total. The van der Waals surface area contributed by atoms with Crippen molar-refractivity contribution in [3.05, 3.63) is 58.6 Å². The highest BCUT2D eigenvalue weighted by Crippen LogP contribution is 2.20. The third-order valence-corrected chi connectivity index (χ3v) is 3.84. The van der Waals surface area contributed by atoms with Gasteiger partial charge >= 0.3 is 6.03 Å². The summed E-state index contributed by atoms with van der Waals surface area (Å²) >= 11 is 3.17. The van der Waals surface area contributed by atoms with E-state index in [-0.39, 0.29) is 11.7 Å². The maximum atomic E-state index is 13.7. The number of aromatic nitrogens is 2. The predicted molar refractivity (Wildman–Crippen MR) is 90.8 cm³/mol. The molecule has 2 aromatic carbocycles. The molecule has 0 bridgehead atoms. The number of halogens is 2. The Kier molecular flexibility index (Phi) is 4.29. The second-order valence-corrected chi connectivity index (χ2v) is 6.00. The van der Waals surface area contributed by atoms with Gasteiger partial charge in [-0.05, 0) is 37.3 Å². The predicted octanol–water partition coefficient (Wildman–Crippen LogP) is 4.35. The van der Waals surface area contributed by atoms with Gasteiger partial charge in [0.05, 0.1) is 22.8 Å². The zero-order valence-corrected chi connectivity index (χ0v) is 13.8. The number of imidazole rings is 1. The maximum Gasteiger partial charge on any atom is 0.319 e. The van der Waals surface area contributed by atoms with E-state index in [0.717, 1.165) is 11.0 Å². The first-order valence-electron chi connectivity index (χ1n) is 7.00. The minimum atomic E-state index is -0.508. The number of carbonyl (C=O) groups excluding carboxylic acids is 1. The van der Waals surface area contributed by atoms with E-state index in [4.69, 9.17) is 0 Å². The van der Waals surface area contributed by atoms with Gasteiger partial charge in [-0.1, -0.05) is 28.1 Å². The molecule has 0 saturated carbocycles. The second kappa shape index (κ2) is 6.37. The minimum Gasteiger partial charge on any atom is -0.340 e. The Labute approximate surface area is 140 Å². The van der Waals surface area contributed by atoms with Crippen LogP contribution < -0.4 is 10.6 Å². The number of urea groups is 1. The normalized spacial score (nSPS) is 12.1. The lowest BCUT2D eigenvalue weighted by Crippen LogP contribution is -2.32. The van der Waals surface area contributed by atoms with Crippen molar-refractivity contribution in [2.45, 2.75) is 13.0 Å². The standard InChI is InChI=1S/C16H14BrFN4O/c1-9(15-20-13-4-2-3-5-14(13)21-15)19-16(23)22-12-7-6-10(17)8-11(12)18/h2-9H,1H3,(H,20,21)(H2,19,22,23). The Morgan fingerprint density at radius 1 is 1.30 bits per heavy atom. The molecule has 0 saturated heterocycles. The van der Waals surface area contributed by atoms with Crippen molar-refractivity contribution in [3.63, 3.8) is 0 Å². The number of anilines is 1. The molecule has 0 aliphatic carbocycles. The summed E-state index contributed by atoms with van der Waals surface area (Å²) in [5, 5.41) is 5.21. The van der Waals surface area contributed by atoms with Crippen LogP contribution in [0.4, 0.5) is 14.9 Å². The maximum absolute atomic E-state index is 13.7. The van der Waals surface area contributed by atoms with Crippen LogP contribution in [0.3, 0.4) is 0 Å². The van der Waals surface area contributed by atoms with E-state index in [1.165, 1.54) is 12.1 Å². The Hall–Kier alpha value is -2.41. The number of hydrogen-bond acceptors (Lipinski definition) is 2. The molecule has 0 radical (unpaired) electrons. The van der Waals surface area contributed by atoms with Crippen LogP contribution in [0.1, 0.15) is 18.8 Å². The molecule has 3 N–H and O–H groups in total. The van der Waals surface area contributed by atoms with Gasteiger partial charge in [0, 0.05) is 4.47 Å². The van der Waals surface area contributed by atoms with Crippen molar-refractivity contribution >= 4 is 38.7 Å². The van der Waals surface area contributed by atoms with Crippen LogP contribution in [0, 0.1) is 5.82 Å². The Morgan fingerprint density at radius 2 is 2.09 bits per heavy atom. The summed E-state index contributed by atoms with van der Waals surface area (Å²) in [6.45, 7) is 1.80. The molecule has 1 aromatic heterocycles. The number of carbonyl (C=O) groups is 1. The molecule has 0 aliphatic heterocycles. The number of rotatable bonds is 3. The zero-order valence-electron chi connectivity index (χ0n) is 12.2. The summed E-state index contributed by atoms with van der Waals surface area (Å²) in [5.74, 6) is 0.128. The Morgan fingerprint density at radius 3 is 2.83 bits per heavy atom. The van der Waals surface area contributed by atoms with Crippen LogP contribution in [0.15, 0.2) is 46.9 Å². The lowest BCUT2D eigenvalue weighted by atomic mass is 10.3. The summed E-state index contributed by atoms with van der Waals surface area (Å²) in [5.41, 5.74) is 1.84. The van der Waals surface area contributed by atoms with Gasteiger partial charge in [0.15, 0.2) is 0 Å². The highest BCUT2D eigenvalue weighted by molar-refractivity contribution is 9.10. The van der Waals surface area contributed by atoms with Gasteiger partial charge in [0.25, 0.3) is 0 Å². The fraction of sp³-hybridized carbons (Fsp3) is 0.125. The summed E-state index contributed by atoms with van der Waals surface area (Å²) in [7, 11) is 0. The number of nitrogens with zero attached hydrogens (tertiary/aromatic N) is 1. The molecule has 1 atom stereocenters. The first-order valence-corrected chi connectivity index (χ1v) is 7.79. The van der Waals surface area contributed by atoms with E-state index >= 15 is 0 Å². The van der Waals surface area contributed by atoms with Crippen LogP contribution in [-0.4, -0.2) is 16.0 Å². The number of fused-ring (bicyclic) bond motifs is 1. The van der Waals surface area contributed by atoms with Gasteiger partial charge in [0.1, 0.15) is 11.6 Å². The smallest absolute Gasteiger partial charge is 0.319 e. The van der Waals surface area contributed by atoms with Crippen molar-refractivity contribution < 1.29 is 9.18 Å². The van der Waals surface area contributed by atoms with Crippen molar-refractivity contribution in [1.82, 2.24) is 15.3 Å². The molecule has 1 unspecified atom stereocenters. The minimum absolute atomic E-state index is 0.113. The number of para-hydroxylation sites is 2. The SMILES string of the molecule is CC(NC(=O)Nc1ccc(Br)cc1F)c1nc2ccccc2[nH]1. The van der Waals surface area contributed by atoms with Crippen LogP contribution >= 0.6 is 15.9 Å². The lowest BCUT2D eigenvalue weighted by Gasteiger charge is -2.13. The van der Waals surface area contributed by atoms with E-state index in [1.54, 1.807) is 13.0 Å². The number of benzene rings is 2. The van der Waals surface area contributed by atoms with E-state index in [9.17, 15) is 9.18 Å². The van der Waals surface area contributed by atoms with E-state index in [2.05, 4.69) is 36.5 Å². The van der Waals surface area contributed by atoms with E-state index in [0.29, 0.717) is 10.3 Å².